The normalized spacial score (nSPS) is 14.8. The lowest BCUT2D eigenvalue weighted by Gasteiger charge is -2.16. The van der Waals surface area contributed by atoms with Gasteiger partial charge in [0.25, 0.3) is 0 Å². The molecule has 0 saturated heterocycles. The summed E-state index contributed by atoms with van der Waals surface area (Å²) in [6.45, 7) is 9.49. The summed E-state index contributed by atoms with van der Waals surface area (Å²) < 4.78 is 5.31. The quantitative estimate of drug-likeness (QED) is 0.726. The van der Waals surface area contributed by atoms with Gasteiger partial charge in [0.05, 0.1) is 11.7 Å². The highest BCUT2D eigenvalue weighted by atomic mass is 32.2. The maximum Gasteiger partial charge on any atom is 0.231 e. The van der Waals surface area contributed by atoms with Crippen LogP contribution in [-0.4, -0.2) is 28.5 Å². The largest absolute Gasteiger partial charge is 0.339 e. The SMILES string of the molecule is CCCSCc1noc(C(C)C(C)NCC)n1. The molecule has 2 atom stereocenters. The minimum Gasteiger partial charge on any atom is -0.339 e. The van der Waals surface area contributed by atoms with Crippen LogP contribution >= 0.6 is 11.8 Å². The number of hydrogen-bond acceptors (Lipinski definition) is 5. The Morgan fingerprint density at radius 1 is 1.35 bits per heavy atom. The summed E-state index contributed by atoms with van der Waals surface area (Å²) in [5.74, 6) is 3.80. The van der Waals surface area contributed by atoms with Crippen molar-refractivity contribution in [3.05, 3.63) is 11.7 Å². The maximum absolute atomic E-state index is 5.31. The molecule has 1 heterocycles. The van der Waals surface area contributed by atoms with E-state index in [-0.39, 0.29) is 5.92 Å². The molecule has 98 valence electrons. The fourth-order valence-electron chi connectivity index (χ4n) is 1.53. The van der Waals surface area contributed by atoms with Crippen LogP contribution in [0.2, 0.25) is 0 Å². The lowest BCUT2D eigenvalue weighted by Crippen LogP contribution is -2.30. The van der Waals surface area contributed by atoms with E-state index in [1.807, 2.05) is 11.8 Å². The van der Waals surface area contributed by atoms with Crippen LogP contribution in [-0.2, 0) is 5.75 Å². The minimum atomic E-state index is 0.257. The Morgan fingerprint density at radius 2 is 2.12 bits per heavy atom. The highest BCUT2D eigenvalue weighted by molar-refractivity contribution is 7.98. The van der Waals surface area contributed by atoms with Crippen molar-refractivity contribution in [2.24, 2.45) is 0 Å². The topological polar surface area (TPSA) is 51.0 Å². The smallest absolute Gasteiger partial charge is 0.231 e. The third kappa shape index (κ3) is 4.68. The van der Waals surface area contributed by atoms with Gasteiger partial charge in [-0.1, -0.05) is 25.9 Å². The molecule has 0 aromatic carbocycles. The molecule has 1 aromatic heterocycles. The third-order valence-corrected chi connectivity index (χ3v) is 3.89. The number of rotatable bonds is 8. The second-order valence-corrected chi connectivity index (χ2v) is 5.34. The van der Waals surface area contributed by atoms with Gasteiger partial charge in [-0.15, -0.1) is 0 Å². The molecule has 0 spiro atoms. The molecule has 0 aliphatic rings. The van der Waals surface area contributed by atoms with Gasteiger partial charge in [-0.3, -0.25) is 0 Å². The molecule has 1 rings (SSSR count). The van der Waals surface area contributed by atoms with Gasteiger partial charge < -0.3 is 9.84 Å². The van der Waals surface area contributed by atoms with Crippen molar-refractivity contribution in [3.63, 3.8) is 0 Å². The first-order chi connectivity index (χ1) is 8.19. The van der Waals surface area contributed by atoms with Crippen LogP contribution in [0.4, 0.5) is 0 Å². The fourth-order valence-corrected chi connectivity index (χ4v) is 2.26. The van der Waals surface area contributed by atoms with Gasteiger partial charge in [0.1, 0.15) is 0 Å². The molecule has 5 heteroatoms. The predicted octanol–water partition coefficient (Wildman–Crippen LogP) is 2.81. The summed E-state index contributed by atoms with van der Waals surface area (Å²) in [4.78, 5) is 4.45. The van der Waals surface area contributed by atoms with Crippen LogP contribution in [0.5, 0.6) is 0 Å². The summed E-state index contributed by atoms with van der Waals surface area (Å²) in [6, 6.07) is 0.358. The van der Waals surface area contributed by atoms with Crippen molar-refractivity contribution in [2.75, 3.05) is 12.3 Å². The third-order valence-electron chi connectivity index (χ3n) is 2.73. The summed E-state index contributed by atoms with van der Waals surface area (Å²) in [5.41, 5.74) is 0. The van der Waals surface area contributed by atoms with E-state index in [0.717, 1.165) is 29.8 Å². The Morgan fingerprint density at radius 3 is 2.76 bits per heavy atom. The molecular formula is C12H23N3OS. The van der Waals surface area contributed by atoms with Gasteiger partial charge in [0.15, 0.2) is 5.82 Å². The molecule has 0 saturated carbocycles. The minimum absolute atomic E-state index is 0.257. The second-order valence-electron chi connectivity index (χ2n) is 4.24. The van der Waals surface area contributed by atoms with Crippen molar-refractivity contribution in [2.45, 2.75) is 51.8 Å². The number of hydrogen-bond donors (Lipinski definition) is 1. The number of nitrogens with zero attached hydrogens (tertiary/aromatic N) is 2. The van der Waals surface area contributed by atoms with Crippen LogP contribution in [0.1, 0.15) is 51.7 Å². The zero-order valence-electron chi connectivity index (χ0n) is 11.2. The summed E-state index contributed by atoms with van der Waals surface area (Å²) >= 11 is 1.85. The molecule has 2 unspecified atom stereocenters. The number of likely N-dealkylation sites (N-methyl/N-ethyl adjacent to an activating group) is 1. The van der Waals surface area contributed by atoms with E-state index in [2.05, 4.69) is 43.2 Å². The number of nitrogens with one attached hydrogen (secondary N) is 1. The average molecular weight is 257 g/mol. The molecule has 17 heavy (non-hydrogen) atoms. The second kappa shape index (κ2) is 7.71. The maximum atomic E-state index is 5.31. The Hall–Kier alpha value is -0.550. The molecule has 0 fully saturated rings. The van der Waals surface area contributed by atoms with Gasteiger partial charge in [-0.2, -0.15) is 16.7 Å². The van der Waals surface area contributed by atoms with Gasteiger partial charge in [-0.05, 0) is 25.6 Å². The van der Waals surface area contributed by atoms with Crippen LogP contribution in [0.25, 0.3) is 0 Å². The van der Waals surface area contributed by atoms with E-state index in [0.29, 0.717) is 6.04 Å². The van der Waals surface area contributed by atoms with Crippen molar-refractivity contribution in [3.8, 4) is 0 Å². The predicted molar refractivity (Wildman–Crippen MR) is 72.3 cm³/mol. The first kappa shape index (κ1) is 14.5. The van der Waals surface area contributed by atoms with E-state index in [9.17, 15) is 0 Å². The van der Waals surface area contributed by atoms with Crippen LogP contribution in [0.3, 0.4) is 0 Å². The number of aromatic nitrogens is 2. The molecule has 0 aliphatic heterocycles. The van der Waals surface area contributed by atoms with Gasteiger partial charge >= 0.3 is 0 Å². The zero-order valence-corrected chi connectivity index (χ0v) is 12.0. The van der Waals surface area contributed by atoms with Crippen LogP contribution < -0.4 is 5.32 Å². The first-order valence-corrected chi connectivity index (χ1v) is 7.48. The van der Waals surface area contributed by atoms with Crippen molar-refractivity contribution < 1.29 is 4.52 Å². The van der Waals surface area contributed by atoms with Crippen LogP contribution in [0.15, 0.2) is 4.52 Å². The lowest BCUT2D eigenvalue weighted by molar-refractivity contribution is 0.330. The number of thioether (sulfide) groups is 1. The summed E-state index contributed by atoms with van der Waals surface area (Å²) in [6.07, 6.45) is 1.18. The fraction of sp³-hybridized carbons (Fsp3) is 0.833. The zero-order chi connectivity index (χ0) is 12.7. The lowest BCUT2D eigenvalue weighted by atomic mass is 10.0. The van der Waals surface area contributed by atoms with E-state index in [1.165, 1.54) is 6.42 Å². The molecular weight excluding hydrogens is 234 g/mol. The summed E-state index contributed by atoms with van der Waals surface area (Å²) in [7, 11) is 0. The Kier molecular flexibility index (Phi) is 6.58. The molecule has 1 N–H and O–H groups in total. The Labute approximate surface area is 108 Å². The van der Waals surface area contributed by atoms with E-state index < -0.39 is 0 Å². The molecule has 0 bridgehead atoms. The van der Waals surface area contributed by atoms with Gasteiger partial charge in [-0.25, -0.2) is 0 Å². The van der Waals surface area contributed by atoms with E-state index in [1.54, 1.807) is 0 Å². The molecule has 0 aliphatic carbocycles. The standard InChI is InChI=1S/C12H23N3OS/c1-5-7-17-8-11-14-12(16-15-11)9(3)10(4)13-6-2/h9-10,13H,5-8H2,1-4H3. The molecule has 0 radical (unpaired) electrons. The monoisotopic (exact) mass is 257 g/mol. The van der Waals surface area contributed by atoms with Gasteiger partial charge in [0.2, 0.25) is 5.89 Å². The van der Waals surface area contributed by atoms with Crippen LogP contribution in [0, 0.1) is 0 Å². The Bertz CT molecular complexity index is 316. The van der Waals surface area contributed by atoms with E-state index in [4.69, 9.17) is 4.52 Å². The molecule has 1 aromatic rings. The highest BCUT2D eigenvalue weighted by Crippen LogP contribution is 2.18. The molecule has 4 nitrogen and oxygen atoms in total. The van der Waals surface area contributed by atoms with Crippen molar-refractivity contribution in [1.29, 1.82) is 0 Å². The highest BCUT2D eigenvalue weighted by Gasteiger charge is 2.19. The van der Waals surface area contributed by atoms with E-state index >= 15 is 0 Å². The summed E-state index contributed by atoms with van der Waals surface area (Å²) in [5, 5.41) is 7.39. The first-order valence-electron chi connectivity index (χ1n) is 6.32. The average Bonchev–Trinajstić information content (AvgIpc) is 2.77. The van der Waals surface area contributed by atoms with Crippen molar-refractivity contribution in [1.82, 2.24) is 15.5 Å². The Balaban J connectivity index is 2.48. The van der Waals surface area contributed by atoms with Crippen molar-refractivity contribution >= 4 is 11.8 Å². The van der Waals surface area contributed by atoms with Gasteiger partial charge in [0, 0.05) is 6.04 Å². The molecule has 0 amide bonds.